The molecule has 0 amide bonds. The van der Waals surface area contributed by atoms with E-state index in [0.29, 0.717) is 5.92 Å². The standard InChI is InChI=1S/C14H16BrN3O/c1-2-12(15)13-8-18(17-16-13)7-10-9-19-14-6-4-3-5-11(10)14/h3-6,8,10,12H,2,7,9H2,1H3. The molecule has 2 unspecified atom stereocenters. The zero-order valence-corrected chi connectivity index (χ0v) is 12.4. The molecule has 0 bridgehead atoms. The molecule has 19 heavy (non-hydrogen) atoms. The molecule has 0 spiro atoms. The Morgan fingerprint density at radius 3 is 3.16 bits per heavy atom. The number of nitrogens with zero attached hydrogens (tertiary/aromatic N) is 3. The van der Waals surface area contributed by atoms with Gasteiger partial charge in [0.15, 0.2) is 0 Å². The lowest BCUT2D eigenvalue weighted by atomic mass is 10.0. The van der Waals surface area contributed by atoms with Crippen LogP contribution in [0, 0.1) is 0 Å². The Labute approximate surface area is 120 Å². The zero-order valence-electron chi connectivity index (χ0n) is 10.8. The number of para-hydroxylation sites is 1. The summed E-state index contributed by atoms with van der Waals surface area (Å²) < 4.78 is 7.60. The normalized spacial score (nSPS) is 18.9. The number of aromatic nitrogens is 3. The topological polar surface area (TPSA) is 39.9 Å². The second kappa shape index (κ2) is 5.33. The molecule has 3 rings (SSSR count). The van der Waals surface area contributed by atoms with Crippen molar-refractivity contribution in [3.8, 4) is 5.75 Å². The van der Waals surface area contributed by atoms with Gasteiger partial charge >= 0.3 is 0 Å². The first-order chi connectivity index (χ1) is 9.28. The Hall–Kier alpha value is -1.36. The van der Waals surface area contributed by atoms with Crippen LogP contribution in [0.15, 0.2) is 30.5 Å². The van der Waals surface area contributed by atoms with Crippen molar-refractivity contribution in [2.45, 2.75) is 30.6 Å². The quantitative estimate of drug-likeness (QED) is 0.811. The summed E-state index contributed by atoms with van der Waals surface area (Å²) in [5.41, 5.74) is 2.26. The molecule has 2 atom stereocenters. The van der Waals surface area contributed by atoms with Crippen LogP contribution in [-0.4, -0.2) is 21.6 Å². The fraction of sp³-hybridized carbons (Fsp3) is 0.429. The summed E-state index contributed by atoms with van der Waals surface area (Å²) in [5, 5.41) is 8.41. The van der Waals surface area contributed by atoms with Gasteiger partial charge in [-0.1, -0.05) is 46.3 Å². The number of fused-ring (bicyclic) bond motifs is 1. The Balaban J connectivity index is 1.74. The van der Waals surface area contributed by atoms with E-state index in [4.69, 9.17) is 4.74 Å². The minimum absolute atomic E-state index is 0.286. The van der Waals surface area contributed by atoms with E-state index in [9.17, 15) is 0 Å². The first-order valence-corrected chi connectivity index (χ1v) is 7.45. The summed E-state index contributed by atoms with van der Waals surface area (Å²) in [6, 6.07) is 8.21. The average Bonchev–Trinajstić information content (AvgIpc) is 3.06. The average molecular weight is 322 g/mol. The molecule has 2 aromatic rings. The van der Waals surface area contributed by atoms with Crippen molar-refractivity contribution in [1.29, 1.82) is 0 Å². The Morgan fingerprint density at radius 2 is 2.32 bits per heavy atom. The van der Waals surface area contributed by atoms with Crippen molar-refractivity contribution in [3.63, 3.8) is 0 Å². The lowest BCUT2D eigenvalue weighted by Gasteiger charge is -2.07. The van der Waals surface area contributed by atoms with E-state index in [0.717, 1.165) is 31.0 Å². The minimum Gasteiger partial charge on any atom is -0.493 e. The monoisotopic (exact) mass is 321 g/mol. The van der Waals surface area contributed by atoms with Gasteiger partial charge in [0.05, 0.1) is 23.7 Å². The molecule has 100 valence electrons. The minimum atomic E-state index is 0.286. The predicted octanol–water partition coefficient (Wildman–Crippen LogP) is 3.30. The molecule has 0 radical (unpaired) electrons. The van der Waals surface area contributed by atoms with Gasteiger partial charge in [-0.05, 0) is 12.5 Å². The summed E-state index contributed by atoms with van der Waals surface area (Å²) in [5.74, 6) is 1.36. The summed E-state index contributed by atoms with van der Waals surface area (Å²) in [6.45, 7) is 3.66. The molecule has 4 nitrogen and oxygen atoms in total. The number of ether oxygens (including phenoxy) is 1. The van der Waals surface area contributed by atoms with Crippen LogP contribution in [0.5, 0.6) is 5.75 Å². The third-order valence-corrected chi connectivity index (χ3v) is 4.56. The van der Waals surface area contributed by atoms with Crippen molar-refractivity contribution in [2.75, 3.05) is 6.61 Å². The second-order valence-electron chi connectivity index (χ2n) is 4.79. The third kappa shape index (κ3) is 2.52. The van der Waals surface area contributed by atoms with Crippen LogP contribution in [0.25, 0.3) is 0 Å². The number of hydrogen-bond acceptors (Lipinski definition) is 3. The highest BCUT2D eigenvalue weighted by Crippen LogP contribution is 2.34. The largest absolute Gasteiger partial charge is 0.493 e. The molecule has 0 aliphatic carbocycles. The van der Waals surface area contributed by atoms with Gasteiger partial charge in [0.2, 0.25) is 0 Å². The van der Waals surface area contributed by atoms with E-state index in [2.05, 4.69) is 45.3 Å². The van der Waals surface area contributed by atoms with E-state index in [1.54, 1.807) is 0 Å². The van der Waals surface area contributed by atoms with Crippen LogP contribution in [0.3, 0.4) is 0 Å². The number of hydrogen-bond donors (Lipinski definition) is 0. The maximum atomic E-state index is 5.69. The van der Waals surface area contributed by atoms with Crippen LogP contribution < -0.4 is 4.74 Å². The Kier molecular flexibility index (Phi) is 3.55. The summed E-state index contributed by atoms with van der Waals surface area (Å²) in [6.07, 6.45) is 3.03. The molecule has 1 aromatic heterocycles. The van der Waals surface area contributed by atoms with Gasteiger partial charge in [-0.3, -0.25) is 4.68 Å². The molecular weight excluding hydrogens is 306 g/mol. The highest BCUT2D eigenvalue weighted by Gasteiger charge is 2.24. The highest BCUT2D eigenvalue weighted by atomic mass is 79.9. The number of benzene rings is 1. The third-order valence-electron chi connectivity index (χ3n) is 3.44. The van der Waals surface area contributed by atoms with Crippen LogP contribution in [0.2, 0.25) is 0 Å². The van der Waals surface area contributed by atoms with Gasteiger partial charge in [-0.25, -0.2) is 0 Å². The molecule has 0 fully saturated rings. The molecular formula is C14H16BrN3O. The fourth-order valence-electron chi connectivity index (χ4n) is 2.36. The van der Waals surface area contributed by atoms with Gasteiger partial charge in [0.25, 0.3) is 0 Å². The molecule has 1 aromatic carbocycles. The molecule has 0 saturated heterocycles. The van der Waals surface area contributed by atoms with Crippen molar-refractivity contribution < 1.29 is 4.74 Å². The highest BCUT2D eigenvalue weighted by molar-refractivity contribution is 9.09. The maximum Gasteiger partial charge on any atom is 0.122 e. The van der Waals surface area contributed by atoms with Gasteiger partial charge in [-0.2, -0.15) is 0 Å². The van der Waals surface area contributed by atoms with Crippen molar-refractivity contribution in [3.05, 3.63) is 41.7 Å². The van der Waals surface area contributed by atoms with Gasteiger partial charge in [-0.15, -0.1) is 5.10 Å². The number of halogens is 1. The molecule has 0 N–H and O–H groups in total. The SMILES string of the molecule is CCC(Br)c1cn(CC2COc3ccccc32)nn1. The lowest BCUT2D eigenvalue weighted by Crippen LogP contribution is -2.11. The van der Waals surface area contributed by atoms with Crippen molar-refractivity contribution in [2.24, 2.45) is 0 Å². The lowest BCUT2D eigenvalue weighted by molar-refractivity contribution is 0.314. The molecule has 5 heteroatoms. The van der Waals surface area contributed by atoms with Crippen molar-refractivity contribution >= 4 is 15.9 Å². The summed E-state index contributed by atoms with van der Waals surface area (Å²) in [4.78, 5) is 0.286. The Morgan fingerprint density at radius 1 is 1.47 bits per heavy atom. The van der Waals surface area contributed by atoms with E-state index in [1.165, 1.54) is 5.56 Å². The van der Waals surface area contributed by atoms with Crippen LogP contribution in [0.4, 0.5) is 0 Å². The Bertz CT molecular complexity index is 569. The van der Waals surface area contributed by atoms with E-state index >= 15 is 0 Å². The maximum absolute atomic E-state index is 5.69. The smallest absolute Gasteiger partial charge is 0.122 e. The molecule has 2 heterocycles. The first-order valence-electron chi connectivity index (χ1n) is 6.53. The number of rotatable bonds is 4. The van der Waals surface area contributed by atoms with Crippen LogP contribution in [0.1, 0.15) is 35.3 Å². The van der Waals surface area contributed by atoms with E-state index in [1.807, 2.05) is 23.0 Å². The first kappa shape index (κ1) is 12.7. The second-order valence-corrected chi connectivity index (χ2v) is 5.89. The van der Waals surface area contributed by atoms with E-state index < -0.39 is 0 Å². The molecule has 0 saturated carbocycles. The van der Waals surface area contributed by atoms with Gasteiger partial charge < -0.3 is 4.74 Å². The van der Waals surface area contributed by atoms with Gasteiger partial charge in [0, 0.05) is 17.7 Å². The summed E-state index contributed by atoms with van der Waals surface area (Å²) >= 11 is 3.60. The van der Waals surface area contributed by atoms with Crippen molar-refractivity contribution in [1.82, 2.24) is 15.0 Å². The summed E-state index contributed by atoms with van der Waals surface area (Å²) in [7, 11) is 0. The van der Waals surface area contributed by atoms with Crippen LogP contribution >= 0.6 is 15.9 Å². The van der Waals surface area contributed by atoms with Crippen LogP contribution in [-0.2, 0) is 6.54 Å². The van der Waals surface area contributed by atoms with E-state index in [-0.39, 0.29) is 4.83 Å². The predicted molar refractivity (Wildman–Crippen MR) is 76.7 cm³/mol. The molecule has 1 aliphatic heterocycles. The molecule has 1 aliphatic rings. The fourth-order valence-corrected chi connectivity index (χ4v) is 2.57. The van der Waals surface area contributed by atoms with Gasteiger partial charge in [0.1, 0.15) is 5.75 Å². The number of alkyl halides is 1. The zero-order chi connectivity index (χ0) is 13.2.